The van der Waals surface area contributed by atoms with Crippen LogP contribution in [0.25, 0.3) is 53.4 Å². The van der Waals surface area contributed by atoms with E-state index in [9.17, 15) is 0 Å². The van der Waals surface area contributed by atoms with Crippen LogP contribution < -0.4 is 0 Å². The van der Waals surface area contributed by atoms with E-state index < -0.39 is 0 Å². The Morgan fingerprint density at radius 3 is 1.70 bits per heavy atom. The van der Waals surface area contributed by atoms with E-state index in [4.69, 9.17) is 0 Å². The number of thiophene rings is 2. The summed E-state index contributed by atoms with van der Waals surface area (Å²) in [7, 11) is 0. The van der Waals surface area contributed by atoms with Crippen molar-refractivity contribution in [2.24, 2.45) is 0 Å². The van der Waals surface area contributed by atoms with Crippen molar-refractivity contribution in [3.8, 4) is 10.0 Å². The zero-order valence-corrected chi connectivity index (χ0v) is 23.0. The van der Waals surface area contributed by atoms with E-state index in [1.54, 1.807) is 0 Å². The number of hydrogen-bond acceptors (Lipinski definition) is 2. The summed E-state index contributed by atoms with van der Waals surface area (Å²) in [5.74, 6) is 0. The van der Waals surface area contributed by atoms with Gasteiger partial charge in [0.25, 0.3) is 0 Å². The van der Waals surface area contributed by atoms with Crippen LogP contribution in [0.15, 0.2) is 85.2 Å². The van der Waals surface area contributed by atoms with E-state index in [-0.39, 0.29) is 0 Å². The molecule has 0 aliphatic carbocycles. The number of nitrogens with zero attached hydrogens (tertiary/aromatic N) is 2. The first kappa shape index (κ1) is 22.8. The minimum Gasteiger partial charge on any atom is -0.308 e. The second kappa shape index (κ2) is 9.20. The number of aromatic nitrogens is 2. The van der Waals surface area contributed by atoms with Crippen molar-refractivity contribution in [2.75, 3.05) is 0 Å². The second-order valence-electron chi connectivity index (χ2n) is 10.1. The molecule has 3 aromatic carbocycles. The summed E-state index contributed by atoms with van der Waals surface area (Å²) in [6, 6.07) is 27.5. The van der Waals surface area contributed by atoms with Crippen LogP contribution in [0, 0.1) is 6.92 Å². The van der Waals surface area contributed by atoms with Crippen molar-refractivity contribution in [1.82, 2.24) is 9.13 Å². The molecule has 2 nitrogen and oxygen atoms in total. The minimum atomic E-state index is 1.20. The number of unbranched alkanes of at least 4 members (excludes halogenated alkanes) is 3. The van der Waals surface area contributed by atoms with E-state index >= 15 is 0 Å². The summed E-state index contributed by atoms with van der Waals surface area (Å²) in [6.45, 7) is 4.44. The molecule has 0 radical (unpaired) electrons. The molecule has 0 bridgehead atoms. The third-order valence-corrected chi connectivity index (χ3v) is 9.80. The van der Waals surface area contributed by atoms with Crippen LogP contribution in [0.3, 0.4) is 0 Å². The standard InChI is InChI=1S/C33H30N2S2/c1-3-4-5-6-7-23-9-17-33(37-23)35-21-19-29-27-11-10-26-24(25(27)13-15-31(29)35)12-14-30-28(26)18-20-34(30)32-16-8-22(2)36-32/h8-21H,3-7H2,1-2H3. The van der Waals surface area contributed by atoms with Gasteiger partial charge < -0.3 is 9.13 Å². The van der Waals surface area contributed by atoms with Gasteiger partial charge in [-0.05, 0) is 89.8 Å². The van der Waals surface area contributed by atoms with Crippen LogP contribution in [0.1, 0.15) is 42.4 Å². The lowest BCUT2D eigenvalue weighted by molar-refractivity contribution is 0.670. The minimum absolute atomic E-state index is 1.20. The summed E-state index contributed by atoms with van der Waals surface area (Å²) in [5, 5.41) is 10.5. The zero-order valence-electron chi connectivity index (χ0n) is 21.3. The molecule has 4 aromatic heterocycles. The number of fused-ring (bicyclic) bond motifs is 7. The average molecular weight is 519 g/mol. The number of hydrogen-bond donors (Lipinski definition) is 0. The van der Waals surface area contributed by atoms with Gasteiger partial charge in [-0.1, -0.05) is 50.5 Å². The summed E-state index contributed by atoms with van der Waals surface area (Å²) >= 11 is 3.77. The van der Waals surface area contributed by atoms with Crippen molar-refractivity contribution in [2.45, 2.75) is 46.0 Å². The Hall–Kier alpha value is -3.34. The van der Waals surface area contributed by atoms with E-state index in [2.05, 4.69) is 108 Å². The highest BCUT2D eigenvalue weighted by atomic mass is 32.1. The van der Waals surface area contributed by atoms with Crippen molar-refractivity contribution in [3.05, 3.63) is 94.9 Å². The normalized spacial score (nSPS) is 12.1. The lowest BCUT2D eigenvalue weighted by Crippen LogP contribution is -1.89. The van der Waals surface area contributed by atoms with Gasteiger partial charge in [-0.3, -0.25) is 0 Å². The largest absolute Gasteiger partial charge is 0.308 e. The predicted octanol–water partition coefficient (Wildman–Crippen LogP) is 10.4. The second-order valence-corrected chi connectivity index (χ2v) is 12.5. The lowest BCUT2D eigenvalue weighted by atomic mass is 9.98. The third-order valence-electron chi connectivity index (χ3n) is 7.66. The third kappa shape index (κ3) is 3.82. The van der Waals surface area contributed by atoms with E-state index in [1.165, 1.54) is 95.2 Å². The molecule has 4 heteroatoms. The fourth-order valence-corrected chi connectivity index (χ4v) is 7.67. The Kier molecular flexibility index (Phi) is 5.67. The highest BCUT2D eigenvalue weighted by molar-refractivity contribution is 7.14. The molecular formula is C33H30N2S2. The first-order chi connectivity index (χ1) is 18.2. The fourth-order valence-electron chi connectivity index (χ4n) is 5.77. The van der Waals surface area contributed by atoms with Gasteiger partial charge in [-0.2, -0.15) is 0 Å². The van der Waals surface area contributed by atoms with Crippen LogP contribution in [-0.2, 0) is 6.42 Å². The highest BCUT2D eigenvalue weighted by Crippen LogP contribution is 2.37. The summed E-state index contributed by atoms with van der Waals surface area (Å²) in [6.07, 6.45) is 10.9. The molecule has 0 atom stereocenters. The van der Waals surface area contributed by atoms with Crippen LogP contribution in [0.2, 0.25) is 0 Å². The maximum atomic E-state index is 2.37. The van der Waals surface area contributed by atoms with Crippen LogP contribution >= 0.6 is 22.7 Å². The van der Waals surface area contributed by atoms with E-state index in [0.717, 1.165) is 0 Å². The number of benzene rings is 3. The maximum absolute atomic E-state index is 2.37. The van der Waals surface area contributed by atoms with Gasteiger partial charge >= 0.3 is 0 Å². The molecule has 0 saturated heterocycles. The topological polar surface area (TPSA) is 9.86 Å². The molecule has 0 saturated carbocycles. The highest BCUT2D eigenvalue weighted by Gasteiger charge is 2.13. The molecule has 0 unspecified atom stereocenters. The number of aryl methyl sites for hydroxylation is 2. The molecule has 37 heavy (non-hydrogen) atoms. The van der Waals surface area contributed by atoms with Crippen molar-refractivity contribution < 1.29 is 0 Å². The molecule has 0 aliphatic heterocycles. The molecule has 184 valence electrons. The molecule has 0 N–H and O–H groups in total. The Labute approximate surface area is 225 Å². The van der Waals surface area contributed by atoms with Gasteiger partial charge in [0.15, 0.2) is 0 Å². The monoisotopic (exact) mass is 518 g/mol. The van der Waals surface area contributed by atoms with Crippen molar-refractivity contribution in [1.29, 1.82) is 0 Å². The molecular weight excluding hydrogens is 489 g/mol. The predicted molar refractivity (Wildman–Crippen MR) is 163 cm³/mol. The SMILES string of the molecule is CCCCCCc1ccc(-n2ccc3c4ccc5c(ccc6c5ccn6-c5ccc(C)s5)c4ccc32)s1. The van der Waals surface area contributed by atoms with Crippen LogP contribution in [0.5, 0.6) is 0 Å². The van der Waals surface area contributed by atoms with E-state index in [0.29, 0.717) is 0 Å². The van der Waals surface area contributed by atoms with Crippen LogP contribution in [-0.4, -0.2) is 9.13 Å². The summed E-state index contributed by atoms with van der Waals surface area (Å²) in [4.78, 5) is 2.83. The lowest BCUT2D eigenvalue weighted by Gasteiger charge is -2.09. The molecule has 0 fully saturated rings. The molecule has 0 spiro atoms. The maximum Gasteiger partial charge on any atom is 0.0997 e. The summed E-state index contributed by atoms with van der Waals surface area (Å²) in [5.41, 5.74) is 2.55. The van der Waals surface area contributed by atoms with Crippen molar-refractivity contribution in [3.63, 3.8) is 0 Å². The fraction of sp³-hybridized carbons (Fsp3) is 0.212. The molecule has 7 rings (SSSR count). The number of rotatable bonds is 7. The van der Waals surface area contributed by atoms with E-state index in [1.807, 2.05) is 22.7 Å². The Bertz CT molecular complexity index is 1890. The van der Waals surface area contributed by atoms with Gasteiger partial charge in [0.2, 0.25) is 0 Å². The van der Waals surface area contributed by atoms with Gasteiger partial charge in [0.1, 0.15) is 0 Å². The average Bonchev–Trinajstić information content (AvgIpc) is 3.71. The molecule has 0 amide bonds. The summed E-state index contributed by atoms with van der Waals surface area (Å²) < 4.78 is 4.69. The van der Waals surface area contributed by atoms with Gasteiger partial charge in [-0.25, -0.2) is 0 Å². The Morgan fingerprint density at radius 1 is 0.541 bits per heavy atom. The first-order valence-electron chi connectivity index (χ1n) is 13.3. The molecule has 4 heterocycles. The van der Waals surface area contributed by atoms with Crippen LogP contribution in [0.4, 0.5) is 0 Å². The van der Waals surface area contributed by atoms with Gasteiger partial charge in [0, 0.05) is 32.9 Å². The van der Waals surface area contributed by atoms with Gasteiger partial charge in [0.05, 0.1) is 21.0 Å². The molecule has 7 aromatic rings. The Balaban J connectivity index is 1.30. The Morgan fingerprint density at radius 2 is 1.11 bits per heavy atom. The molecule has 0 aliphatic rings. The smallest absolute Gasteiger partial charge is 0.0997 e. The quantitative estimate of drug-likeness (QED) is 0.147. The van der Waals surface area contributed by atoms with Crippen molar-refractivity contribution >= 4 is 66.0 Å². The van der Waals surface area contributed by atoms with Gasteiger partial charge in [-0.15, -0.1) is 22.7 Å². The first-order valence-corrected chi connectivity index (χ1v) is 15.0. The zero-order chi connectivity index (χ0) is 24.9.